The van der Waals surface area contributed by atoms with Gasteiger partial charge in [-0.2, -0.15) is 0 Å². The Kier molecular flexibility index (Phi) is 14.1. The number of nitrogens with one attached hydrogen (secondary N) is 1. The zero-order valence-electron chi connectivity index (χ0n) is 16.7. The molecule has 0 aromatic rings. The largest absolute Gasteiger partial charge is 0.481 e. The van der Waals surface area contributed by atoms with Crippen molar-refractivity contribution in [3.05, 3.63) is 12.2 Å². The van der Waals surface area contributed by atoms with Crippen LogP contribution in [0.1, 0.15) is 39.5 Å². The maximum Gasteiger partial charge on any atom is 0.303 e. The third kappa shape index (κ3) is 13.4. The van der Waals surface area contributed by atoms with Crippen LogP contribution in [-0.2, 0) is 23.7 Å². The Morgan fingerprint density at radius 1 is 1.21 bits per heavy atom. The summed E-state index contributed by atoms with van der Waals surface area (Å²) in [4.78, 5) is 44.9. The third-order valence-corrected chi connectivity index (χ3v) is 4.57. The van der Waals surface area contributed by atoms with Gasteiger partial charge in [0.15, 0.2) is 0 Å². The Morgan fingerprint density at radius 2 is 1.82 bits per heavy atom. The van der Waals surface area contributed by atoms with E-state index >= 15 is 0 Å². The predicted octanol–water partition coefficient (Wildman–Crippen LogP) is 1.31. The highest BCUT2D eigenvalue weighted by Crippen LogP contribution is 2.29. The number of carbonyl (C=O) groups is 4. The van der Waals surface area contributed by atoms with Gasteiger partial charge < -0.3 is 20.1 Å². The normalized spacial score (nSPS) is 14.1. The standard InChI is InChI=1S/C12H19N2O5P.C6H12O2/c1-20(9-15)19-8-2-6-13-10(16)5-7-14-11(17)3-4-12(14)18;1-5(2)3-4-6(7)8/h3-4,15H,2,5-9H2,1H3,(H,13,16);5H,3-4H2,1-2H3,(H,7,8). The summed E-state index contributed by atoms with van der Waals surface area (Å²) in [6.45, 7) is 6.90. The van der Waals surface area contributed by atoms with Crippen LogP contribution in [0.25, 0.3) is 0 Å². The highest BCUT2D eigenvalue weighted by Gasteiger charge is 2.23. The van der Waals surface area contributed by atoms with E-state index in [1.54, 1.807) is 0 Å². The number of carboxylic acid groups (broad SMARTS) is 1. The predicted molar refractivity (Wildman–Crippen MR) is 106 cm³/mol. The Labute approximate surface area is 166 Å². The number of rotatable bonds is 12. The fourth-order valence-corrected chi connectivity index (χ4v) is 2.45. The maximum atomic E-state index is 11.5. The van der Waals surface area contributed by atoms with Gasteiger partial charge in [0, 0.05) is 38.1 Å². The summed E-state index contributed by atoms with van der Waals surface area (Å²) >= 11 is 0. The molecule has 160 valence electrons. The molecule has 1 atom stereocenters. The second kappa shape index (κ2) is 15.1. The van der Waals surface area contributed by atoms with Gasteiger partial charge in [0.05, 0.1) is 21.1 Å². The van der Waals surface area contributed by atoms with E-state index in [9.17, 15) is 19.2 Å². The van der Waals surface area contributed by atoms with Crippen LogP contribution in [0, 0.1) is 5.92 Å². The molecular weight excluding hydrogens is 387 g/mol. The van der Waals surface area contributed by atoms with E-state index in [0.29, 0.717) is 31.9 Å². The van der Waals surface area contributed by atoms with Gasteiger partial charge in [0.2, 0.25) is 5.91 Å². The van der Waals surface area contributed by atoms with Gasteiger partial charge in [-0.05, 0) is 25.4 Å². The smallest absolute Gasteiger partial charge is 0.303 e. The fraction of sp³-hybridized carbons (Fsp3) is 0.667. The molecule has 28 heavy (non-hydrogen) atoms. The molecule has 1 unspecified atom stereocenters. The first-order chi connectivity index (χ1) is 13.2. The number of aliphatic hydroxyl groups is 1. The summed E-state index contributed by atoms with van der Waals surface area (Å²) in [5.41, 5.74) is 0. The Balaban J connectivity index is 0.000000769. The summed E-state index contributed by atoms with van der Waals surface area (Å²) < 4.78 is 5.30. The van der Waals surface area contributed by atoms with E-state index in [1.807, 2.05) is 20.5 Å². The summed E-state index contributed by atoms with van der Waals surface area (Å²) in [6, 6.07) is 0. The molecular formula is C18H31N2O7P. The number of aliphatic carboxylic acids is 1. The molecule has 0 aromatic heterocycles. The van der Waals surface area contributed by atoms with Gasteiger partial charge in [-0.1, -0.05) is 13.8 Å². The first-order valence-electron chi connectivity index (χ1n) is 9.14. The topological polar surface area (TPSA) is 133 Å². The molecule has 10 heteroatoms. The van der Waals surface area contributed by atoms with Gasteiger partial charge in [-0.15, -0.1) is 0 Å². The lowest BCUT2D eigenvalue weighted by Crippen LogP contribution is -2.35. The minimum atomic E-state index is -0.779. The second-order valence-electron chi connectivity index (χ2n) is 6.54. The lowest BCUT2D eigenvalue weighted by Gasteiger charge is -2.13. The molecule has 0 aromatic carbocycles. The SMILES string of the molecule is CC(C)CCC(=O)O.CP(CO)OCCCNC(=O)CCN1C(=O)C=CC1=O. The first kappa shape index (κ1) is 26.2. The van der Waals surface area contributed by atoms with Gasteiger partial charge in [0.1, 0.15) is 0 Å². The lowest BCUT2D eigenvalue weighted by molar-refractivity contribution is -0.138. The van der Waals surface area contributed by atoms with Crippen molar-refractivity contribution in [3.63, 3.8) is 0 Å². The summed E-state index contributed by atoms with van der Waals surface area (Å²) in [5.74, 6) is -1.16. The molecule has 3 N–H and O–H groups in total. The minimum absolute atomic E-state index is 0.0353. The monoisotopic (exact) mass is 418 g/mol. The molecule has 1 rings (SSSR count). The van der Waals surface area contributed by atoms with E-state index in [1.165, 1.54) is 12.2 Å². The van der Waals surface area contributed by atoms with Crippen molar-refractivity contribution in [1.29, 1.82) is 0 Å². The van der Waals surface area contributed by atoms with Gasteiger partial charge in [-0.3, -0.25) is 24.1 Å². The van der Waals surface area contributed by atoms with Crippen LogP contribution in [-0.4, -0.2) is 71.5 Å². The molecule has 3 amide bonds. The van der Waals surface area contributed by atoms with Crippen LogP contribution >= 0.6 is 8.15 Å². The number of imide groups is 1. The zero-order chi connectivity index (χ0) is 21.5. The number of aliphatic hydroxyl groups excluding tert-OH is 1. The molecule has 0 saturated carbocycles. The number of nitrogens with zero attached hydrogens (tertiary/aromatic N) is 1. The Morgan fingerprint density at radius 3 is 2.29 bits per heavy atom. The molecule has 1 aliphatic rings. The van der Waals surface area contributed by atoms with Crippen LogP contribution in [0.4, 0.5) is 0 Å². The van der Waals surface area contributed by atoms with Crippen molar-refractivity contribution in [3.8, 4) is 0 Å². The molecule has 0 bridgehead atoms. The fourth-order valence-electron chi connectivity index (χ4n) is 1.93. The van der Waals surface area contributed by atoms with Crippen LogP contribution in [0.15, 0.2) is 12.2 Å². The van der Waals surface area contributed by atoms with Crippen LogP contribution < -0.4 is 5.32 Å². The maximum absolute atomic E-state index is 11.5. The summed E-state index contributed by atoms with van der Waals surface area (Å²) in [6.07, 6.45) is 4.27. The van der Waals surface area contributed by atoms with Crippen molar-refractivity contribution >= 4 is 31.8 Å². The van der Waals surface area contributed by atoms with Crippen LogP contribution in [0.2, 0.25) is 0 Å². The quantitative estimate of drug-likeness (QED) is 0.247. The summed E-state index contributed by atoms with van der Waals surface area (Å²) in [5, 5.41) is 19.6. The van der Waals surface area contributed by atoms with Crippen LogP contribution in [0.5, 0.6) is 0 Å². The van der Waals surface area contributed by atoms with E-state index in [0.717, 1.165) is 11.3 Å². The number of hydrogen-bond acceptors (Lipinski definition) is 6. The molecule has 0 spiro atoms. The highest BCUT2D eigenvalue weighted by molar-refractivity contribution is 7.51. The molecule has 1 aliphatic heterocycles. The Bertz CT molecular complexity index is 534. The zero-order valence-corrected chi connectivity index (χ0v) is 17.6. The Hall–Kier alpha value is -1.83. The minimum Gasteiger partial charge on any atom is -0.481 e. The van der Waals surface area contributed by atoms with Crippen molar-refractivity contribution in [2.45, 2.75) is 39.5 Å². The van der Waals surface area contributed by atoms with E-state index in [2.05, 4.69) is 5.32 Å². The molecule has 0 radical (unpaired) electrons. The van der Waals surface area contributed by atoms with Crippen molar-refractivity contribution in [1.82, 2.24) is 10.2 Å². The first-order valence-corrected chi connectivity index (χ1v) is 11.0. The average molecular weight is 418 g/mol. The lowest BCUT2D eigenvalue weighted by atomic mass is 10.1. The van der Waals surface area contributed by atoms with Gasteiger partial charge in [0.25, 0.3) is 11.8 Å². The van der Waals surface area contributed by atoms with Crippen LogP contribution in [0.3, 0.4) is 0 Å². The van der Waals surface area contributed by atoms with Crippen molar-refractivity contribution in [2.24, 2.45) is 5.92 Å². The van der Waals surface area contributed by atoms with Crippen molar-refractivity contribution in [2.75, 3.05) is 32.7 Å². The molecule has 0 saturated heterocycles. The van der Waals surface area contributed by atoms with Gasteiger partial charge >= 0.3 is 5.97 Å². The molecule has 9 nitrogen and oxygen atoms in total. The number of carbonyl (C=O) groups excluding carboxylic acids is 3. The number of carboxylic acids is 1. The molecule has 1 heterocycles. The van der Waals surface area contributed by atoms with Gasteiger partial charge in [-0.25, -0.2) is 0 Å². The summed E-state index contributed by atoms with van der Waals surface area (Å²) in [7, 11) is -0.779. The second-order valence-corrected chi connectivity index (χ2v) is 8.34. The molecule has 0 fully saturated rings. The van der Waals surface area contributed by atoms with E-state index in [-0.39, 0.29) is 37.0 Å². The average Bonchev–Trinajstić information content (AvgIpc) is 2.96. The third-order valence-electron chi connectivity index (χ3n) is 3.55. The number of hydrogen-bond donors (Lipinski definition) is 3. The van der Waals surface area contributed by atoms with Crippen molar-refractivity contribution < 1.29 is 33.9 Å². The number of amides is 3. The van der Waals surface area contributed by atoms with E-state index < -0.39 is 14.1 Å². The molecule has 0 aliphatic carbocycles. The van der Waals surface area contributed by atoms with E-state index in [4.69, 9.17) is 14.7 Å². The highest BCUT2D eigenvalue weighted by atomic mass is 31.1.